The molecule has 148 valence electrons. The van der Waals surface area contributed by atoms with E-state index in [1.54, 1.807) is 0 Å². The van der Waals surface area contributed by atoms with Crippen LogP contribution in [0.3, 0.4) is 0 Å². The van der Waals surface area contributed by atoms with Gasteiger partial charge in [-0.15, -0.1) is 11.1 Å². The molecule has 0 heterocycles. The van der Waals surface area contributed by atoms with Crippen LogP contribution in [0.2, 0.25) is 0 Å². The summed E-state index contributed by atoms with van der Waals surface area (Å²) in [6.45, 7) is 15.1. The molecule has 0 aromatic rings. The number of rotatable bonds is 0. The van der Waals surface area contributed by atoms with E-state index in [9.17, 15) is 0 Å². The van der Waals surface area contributed by atoms with Gasteiger partial charge in [0, 0.05) is 0 Å². The molecule has 0 unspecified atom stereocenters. The molecule has 8 rings (SSSR count). The van der Waals surface area contributed by atoms with Gasteiger partial charge in [0.15, 0.2) is 0 Å². The van der Waals surface area contributed by atoms with Gasteiger partial charge in [0.05, 0.1) is 0 Å². The molecule has 0 atom stereocenters. The summed E-state index contributed by atoms with van der Waals surface area (Å²) in [4.78, 5) is 0. The van der Waals surface area contributed by atoms with Crippen LogP contribution in [0.1, 0.15) is 77.0 Å². The predicted octanol–water partition coefficient (Wildman–Crippen LogP) is 8.08. The van der Waals surface area contributed by atoms with Crippen molar-refractivity contribution in [2.75, 3.05) is 0 Å². The molecule has 2 N–H and O–H groups in total. The van der Waals surface area contributed by atoms with Gasteiger partial charge in [-0.3, -0.25) is 0 Å². The van der Waals surface area contributed by atoms with Crippen molar-refractivity contribution in [3.8, 4) is 0 Å². The second kappa shape index (κ2) is 8.25. The third-order valence-electron chi connectivity index (χ3n) is 8.08. The van der Waals surface area contributed by atoms with Crippen molar-refractivity contribution in [2.24, 2.45) is 35.5 Å². The van der Waals surface area contributed by atoms with E-state index in [1.807, 2.05) is 0 Å². The molecular formula is C20H32Cl3LaN2-2. The molecule has 0 saturated heterocycles. The normalized spacial score (nSPS) is 52.0. The Hall–Kier alpha value is 1.98. The standard InChI is InChI=1S/2C10H16N.3ClH.La/c2*11-10-4-7-1-8(5-10)3-9(2-7)6-10;;;;/h2*7-9,11H,1-6H2;3*1H;/q2*-1;;;;+3/p-3. The van der Waals surface area contributed by atoms with Crippen LogP contribution in [0, 0.1) is 61.2 Å². The average Bonchev–Trinajstić information content (AvgIpc) is 2.41. The van der Waals surface area contributed by atoms with Crippen molar-refractivity contribution in [1.82, 2.24) is 0 Å². The van der Waals surface area contributed by atoms with E-state index in [4.69, 9.17) is 31.8 Å². The second-order valence-corrected chi connectivity index (χ2v) is 26.6. The zero-order chi connectivity index (χ0) is 18.5. The van der Waals surface area contributed by atoms with Crippen LogP contribution >= 0.6 is 20.4 Å². The fourth-order valence-electron chi connectivity index (χ4n) is 8.22. The van der Waals surface area contributed by atoms with Gasteiger partial charge in [0.25, 0.3) is 0 Å². The number of hydrogen-bond donors (Lipinski definition) is 0. The Kier molecular flexibility index (Phi) is 6.74. The minimum atomic E-state index is -2.31. The van der Waals surface area contributed by atoms with E-state index in [2.05, 4.69) is 0 Å². The summed E-state index contributed by atoms with van der Waals surface area (Å²) in [7, 11) is 0. The van der Waals surface area contributed by atoms with Crippen molar-refractivity contribution in [3.05, 3.63) is 11.5 Å². The number of hydrogen-bond acceptors (Lipinski definition) is 0. The summed E-state index contributed by atoms with van der Waals surface area (Å²) in [6.07, 6.45) is 16.2. The Morgan fingerprint density at radius 2 is 0.654 bits per heavy atom. The molecule has 2 nitrogen and oxygen atoms in total. The predicted molar refractivity (Wildman–Crippen MR) is 108 cm³/mol. The van der Waals surface area contributed by atoms with Gasteiger partial charge in [-0.2, -0.15) is 0 Å². The molecule has 0 radical (unpaired) electrons. The monoisotopic (exact) mass is 544 g/mol. The Morgan fingerprint density at radius 3 is 0.769 bits per heavy atom. The quantitative estimate of drug-likeness (QED) is 0.295. The maximum atomic E-state index is 8.21. The molecule has 8 aliphatic rings. The summed E-state index contributed by atoms with van der Waals surface area (Å²) in [5, 5.41) is 0. The summed E-state index contributed by atoms with van der Waals surface area (Å²) < 4.78 is 0. The number of nitrogens with one attached hydrogen (secondary N) is 2. The molecule has 8 aliphatic carbocycles. The van der Waals surface area contributed by atoms with Crippen molar-refractivity contribution in [3.63, 3.8) is 0 Å². The van der Waals surface area contributed by atoms with Crippen molar-refractivity contribution < 1.29 is 25.7 Å². The molecule has 0 spiro atoms. The van der Waals surface area contributed by atoms with Crippen LogP contribution in [0.25, 0.3) is 11.5 Å². The van der Waals surface area contributed by atoms with Crippen LogP contribution in [0.4, 0.5) is 0 Å². The van der Waals surface area contributed by atoms with E-state index >= 15 is 0 Å². The summed E-state index contributed by atoms with van der Waals surface area (Å²) in [5.41, 5.74) is 16.5. The van der Waals surface area contributed by atoms with E-state index < -0.39 is 25.7 Å². The second-order valence-electron chi connectivity index (χ2n) is 10.6. The van der Waals surface area contributed by atoms with E-state index in [0.29, 0.717) is 0 Å². The van der Waals surface area contributed by atoms with E-state index in [1.165, 1.54) is 77.0 Å². The van der Waals surface area contributed by atoms with Crippen molar-refractivity contribution in [1.29, 1.82) is 0 Å². The molecule has 0 amide bonds. The SMILES string of the molecule is [Cl][La]([Cl])[Cl].[NH-]C12CC3CC(CC(C3)C1)C2.[NH-]C12CC3CC(CC(C3)C1)C2. The van der Waals surface area contributed by atoms with E-state index in [-0.39, 0.29) is 11.1 Å². The number of halogens is 3. The van der Waals surface area contributed by atoms with Gasteiger partial charge in [0.1, 0.15) is 0 Å². The smallest absolute Gasteiger partial charge is 0.0420 e. The molecule has 8 fully saturated rings. The fourth-order valence-corrected chi connectivity index (χ4v) is 8.22. The van der Waals surface area contributed by atoms with Gasteiger partial charge < -0.3 is 11.5 Å². The maximum Gasteiger partial charge on any atom is -0.0420 e. The largest absolute Gasteiger partial charge is 0.672 e. The summed E-state index contributed by atoms with van der Waals surface area (Å²) in [6, 6.07) is 0. The molecule has 26 heavy (non-hydrogen) atoms. The molecule has 0 aromatic heterocycles. The van der Waals surface area contributed by atoms with Crippen LogP contribution in [-0.2, 0) is 0 Å². The first-order chi connectivity index (χ1) is 12.2. The summed E-state index contributed by atoms with van der Waals surface area (Å²) in [5.74, 6) is 5.74. The van der Waals surface area contributed by atoms with Crippen molar-refractivity contribution >= 4 is 20.4 Å². The van der Waals surface area contributed by atoms with Crippen molar-refractivity contribution in [2.45, 2.75) is 88.1 Å². The molecule has 6 heteroatoms. The van der Waals surface area contributed by atoms with Crippen LogP contribution in [0.5, 0.6) is 0 Å². The maximum absolute atomic E-state index is 8.21. The molecule has 0 aliphatic heterocycles. The average molecular weight is 546 g/mol. The minimum Gasteiger partial charge on any atom is -0.672 e. The first-order valence-electron chi connectivity index (χ1n) is 10.6. The van der Waals surface area contributed by atoms with Gasteiger partial charge in [-0.05, 0) is 74.0 Å². The molecule has 8 bridgehead atoms. The van der Waals surface area contributed by atoms with Gasteiger partial charge in [-0.25, -0.2) is 0 Å². The van der Waals surface area contributed by atoms with Crippen LogP contribution in [0.15, 0.2) is 0 Å². The molecular weight excluding hydrogens is 513 g/mol. The third kappa shape index (κ3) is 5.18. The van der Waals surface area contributed by atoms with Gasteiger partial charge in [-0.1, -0.05) is 38.5 Å². The zero-order valence-corrected chi connectivity index (χ0v) is 21.6. The molecule has 0 aromatic carbocycles. The molecule has 8 saturated carbocycles. The Balaban J connectivity index is 0.000000108. The Labute approximate surface area is 179 Å². The first kappa shape index (κ1) is 21.2. The van der Waals surface area contributed by atoms with Gasteiger partial charge in [0.2, 0.25) is 0 Å². The van der Waals surface area contributed by atoms with Gasteiger partial charge >= 0.3 is 46.0 Å². The fraction of sp³-hybridized carbons (Fsp3) is 1.00. The third-order valence-corrected chi connectivity index (χ3v) is 8.08. The minimum absolute atomic E-state index is 0.0503. The van der Waals surface area contributed by atoms with Crippen LogP contribution in [-0.4, -0.2) is 11.1 Å². The Morgan fingerprint density at radius 1 is 0.500 bits per heavy atom. The Bertz CT molecular complexity index is 398. The van der Waals surface area contributed by atoms with E-state index in [0.717, 1.165) is 35.5 Å². The first-order valence-corrected chi connectivity index (χ1v) is 24.3. The van der Waals surface area contributed by atoms with Crippen LogP contribution < -0.4 is 0 Å². The zero-order valence-electron chi connectivity index (χ0n) is 15.7. The topological polar surface area (TPSA) is 47.6 Å². The summed E-state index contributed by atoms with van der Waals surface area (Å²) >= 11 is -2.31.